The summed E-state index contributed by atoms with van der Waals surface area (Å²) in [5.41, 5.74) is 3.26. The number of anilines is 1. The Hall–Kier alpha value is -2.32. The van der Waals surface area contributed by atoms with Crippen molar-refractivity contribution in [2.75, 3.05) is 18.4 Å². The lowest BCUT2D eigenvalue weighted by Crippen LogP contribution is -2.38. The molecule has 0 saturated carbocycles. The van der Waals surface area contributed by atoms with Crippen LogP contribution in [0.3, 0.4) is 0 Å². The van der Waals surface area contributed by atoms with Gasteiger partial charge in [-0.3, -0.25) is 15.0 Å². The summed E-state index contributed by atoms with van der Waals surface area (Å²) in [4.78, 5) is 24.2. The maximum absolute atomic E-state index is 12.9. The van der Waals surface area contributed by atoms with Crippen molar-refractivity contribution < 1.29 is 9.32 Å². The van der Waals surface area contributed by atoms with Gasteiger partial charge in [-0.1, -0.05) is 19.0 Å². The lowest BCUT2D eigenvalue weighted by molar-refractivity contribution is 0.102. The molecule has 2 atom stereocenters. The Labute approximate surface area is 168 Å². The van der Waals surface area contributed by atoms with Crippen molar-refractivity contribution in [2.24, 2.45) is 11.8 Å². The van der Waals surface area contributed by atoms with Crippen LogP contribution in [-0.2, 0) is 6.54 Å². The quantitative estimate of drug-likeness (QED) is 0.713. The Morgan fingerprint density at radius 2 is 2.04 bits per heavy atom. The molecular formula is C20H25N5O2S. The maximum Gasteiger partial charge on any atom is 0.258 e. The van der Waals surface area contributed by atoms with Gasteiger partial charge in [0, 0.05) is 30.7 Å². The number of hydrogen-bond donors (Lipinski definition) is 1. The van der Waals surface area contributed by atoms with Crippen LogP contribution in [0.15, 0.2) is 16.0 Å². The highest BCUT2D eigenvalue weighted by Crippen LogP contribution is 2.26. The van der Waals surface area contributed by atoms with Gasteiger partial charge < -0.3 is 4.52 Å². The predicted molar refractivity (Wildman–Crippen MR) is 110 cm³/mol. The van der Waals surface area contributed by atoms with Crippen molar-refractivity contribution in [3.05, 3.63) is 34.1 Å². The van der Waals surface area contributed by atoms with Crippen LogP contribution in [0.25, 0.3) is 11.1 Å². The number of aromatic nitrogens is 3. The fourth-order valence-corrected chi connectivity index (χ4v) is 4.84. The van der Waals surface area contributed by atoms with Crippen LogP contribution in [-0.4, -0.2) is 39.0 Å². The molecule has 8 heteroatoms. The molecule has 1 aliphatic rings. The number of thiazole rings is 1. The van der Waals surface area contributed by atoms with Crippen molar-refractivity contribution in [2.45, 2.75) is 40.7 Å². The maximum atomic E-state index is 12.9. The normalized spacial score (nSPS) is 20.6. The number of carbonyl (C=O) groups excluding carboxylic acids is 1. The Morgan fingerprint density at radius 1 is 1.29 bits per heavy atom. The Balaban J connectivity index is 1.48. The van der Waals surface area contributed by atoms with E-state index in [9.17, 15) is 4.79 Å². The molecule has 1 saturated heterocycles. The lowest BCUT2D eigenvalue weighted by Gasteiger charge is -2.34. The first-order valence-corrected chi connectivity index (χ1v) is 10.5. The Morgan fingerprint density at radius 3 is 2.79 bits per heavy atom. The number of piperidine rings is 1. The first-order valence-electron chi connectivity index (χ1n) is 9.60. The molecular weight excluding hydrogens is 374 g/mol. The minimum Gasteiger partial charge on any atom is -0.336 e. The molecule has 7 nitrogen and oxygen atoms in total. The summed E-state index contributed by atoms with van der Waals surface area (Å²) in [5, 5.41) is 10.1. The van der Waals surface area contributed by atoms with E-state index in [0.29, 0.717) is 45.0 Å². The third-order valence-electron chi connectivity index (χ3n) is 5.09. The van der Waals surface area contributed by atoms with E-state index in [-0.39, 0.29) is 5.91 Å². The van der Waals surface area contributed by atoms with E-state index >= 15 is 0 Å². The molecule has 3 aromatic rings. The number of aryl methyl sites for hydroxylation is 2. The summed E-state index contributed by atoms with van der Waals surface area (Å²) in [6, 6.07) is 1.76. The van der Waals surface area contributed by atoms with E-state index < -0.39 is 0 Å². The van der Waals surface area contributed by atoms with Gasteiger partial charge >= 0.3 is 0 Å². The topological polar surface area (TPSA) is 84.2 Å². The van der Waals surface area contributed by atoms with Crippen LogP contribution in [0.5, 0.6) is 0 Å². The van der Waals surface area contributed by atoms with Crippen LogP contribution in [0.1, 0.15) is 47.7 Å². The Bertz CT molecular complexity index is 1000. The summed E-state index contributed by atoms with van der Waals surface area (Å²) in [7, 11) is 0. The molecule has 0 radical (unpaired) electrons. The number of carbonyl (C=O) groups is 1. The van der Waals surface area contributed by atoms with Gasteiger partial charge in [-0.25, -0.2) is 9.97 Å². The molecule has 1 amide bonds. The minimum atomic E-state index is -0.220. The molecule has 0 aliphatic carbocycles. The molecule has 0 aromatic carbocycles. The summed E-state index contributed by atoms with van der Waals surface area (Å²) < 4.78 is 5.22. The van der Waals surface area contributed by atoms with Crippen molar-refractivity contribution in [3.63, 3.8) is 0 Å². The Kier molecular flexibility index (Phi) is 5.16. The number of nitrogens with one attached hydrogen (secondary N) is 1. The average molecular weight is 400 g/mol. The number of amides is 1. The van der Waals surface area contributed by atoms with Crippen molar-refractivity contribution >= 4 is 33.5 Å². The molecule has 1 fully saturated rings. The van der Waals surface area contributed by atoms with E-state index in [1.54, 1.807) is 6.07 Å². The standard InChI is InChI=1S/C20H25N5O2S/c1-11-5-12(2)8-25(7-11)9-15-10-28-20(22-15)23-18(26)16-6-13(3)21-19-17(16)14(4)24-27-19/h6,10-12H,5,7-9H2,1-4H3,(H,22,23,26)/t11-,12-/m1/s1. The van der Waals surface area contributed by atoms with Crippen LogP contribution in [0, 0.1) is 25.7 Å². The van der Waals surface area contributed by atoms with Crippen molar-refractivity contribution in [1.82, 2.24) is 20.0 Å². The molecule has 1 aliphatic heterocycles. The molecule has 4 heterocycles. The SMILES string of the molecule is Cc1cc(C(=O)Nc2nc(CN3C[C@H](C)C[C@@H](C)C3)cs2)c2c(C)noc2n1. The van der Waals surface area contributed by atoms with Crippen LogP contribution >= 0.6 is 11.3 Å². The molecule has 0 spiro atoms. The molecule has 3 aromatic heterocycles. The van der Waals surface area contributed by atoms with Crippen LogP contribution < -0.4 is 5.32 Å². The third-order valence-corrected chi connectivity index (χ3v) is 5.90. The van der Waals surface area contributed by atoms with Crippen LogP contribution in [0.2, 0.25) is 0 Å². The summed E-state index contributed by atoms with van der Waals surface area (Å²) in [6.07, 6.45) is 1.29. The zero-order valence-electron chi connectivity index (χ0n) is 16.7. The van der Waals surface area contributed by atoms with Gasteiger partial charge in [0.2, 0.25) is 0 Å². The molecule has 4 rings (SSSR count). The summed E-state index contributed by atoms with van der Waals surface area (Å²) in [6.45, 7) is 11.3. The lowest BCUT2D eigenvalue weighted by atomic mass is 9.92. The van der Waals surface area contributed by atoms with Gasteiger partial charge in [0.25, 0.3) is 11.6 Å². The summed E-state index contributed by atoms with van der Waals surface area (Å²) >= 11 is 1.45. The van der Waals surface area contributed by atoms with Crippen molar-refractivity contribution in [3.8, 4) is 0 Å². The van der Waals surface area contributed by atoms with E-state index in [4.69, 9.17) is 4.52 Å². The average Bonchev–Trinajstić information content (AvgIpc) is 3.20. The first kappa shape index (κ1) is 19.0. The van der Waals surface area contributed by atoms with E-state index in [2.05, 4.69) is 39.2 Å². The highest BCUT2D eigenvalue weighted by molar-refractivity contribution is 7.14. The van der Waals surface area contributed by atoms with Gasteiger partial charge in [-0.05, 0) is 38.2 Å². The monoisotopic (exact) mass is 399 g/mol. The van der Waals surface area contributed by atoms with Crippen molar-refractivity contribution in [1.29, 1.82) is 0 Å². The molecule has 0 unspecified atom stereocenters. The molecule has 0 bridgehead atoms. The van der Waals surface area contributed by atoms with E-state index in [0.717, 1.165) is 25.3 Å². The fraction of sp³-hybridized carbons (Fsp3) is 0.500. The minimum absolute atomic E-state index is 0.220. The number of nitrogens with zero attached hydrogens (tertiary/aromatic N) is 4. The zero-order chi connectivity index (χ0) is 19.8. The number of hydrogen-bond acceptors (Lipinski definition) is 7. The van der Waals surface area contributed by atoms with Gasteiger partial charge in [-0.2, -0.15) is 0 Å². The zero-order valence-corrected chi connectivity index (χ0v) is 17.5. The van der Waals surface area contributed by atoms with Gasteiger partial charge in [0.05, 0.1) is 22.3 Å². The molecule has 28 heavy (non-hydrogen) atoms. The largest absolute Gasteiger partial charge is 0.336 e. The number of likely N-dealkylation sites (tertiary alicyclic amines) is 1. The van der Waals surface area contributed by atoms with E-state index in [1.807, 2.05) is 19.2 Å². The highest BCUT2D eigenvalue weighted by atomic mass is 32.1. The second-order valence-corrected chi connectivity index (χ2v) is 8.86. The van der Waals surface area contributed by atoms with Crippen LogP contribution in [0.4, 0.5) is 5.13 Å². The van der Waals surface area contributed by atoms with Gasteiger partial charge in [0.1, 0.15) is 0 Å². The second kappa shape index (κ2) is 7.60. The fourth-order valence-electron chi connectivity index (χ4n) is 4.15. The summed E-state index contributed by atoms with van der Waals surface area (Å²) in [5.74, 6) is 1.21. The molecule has 1 N–H and O–H groups in total. The van der Waals surface area contributed by atoms with Gasteiger partial charge in [0.15, 0.2) is 5.13 Å². The first-order chi connectivity index (χ1) is 13.4. The highest BCUT2D eigenvalue weighted by Gasteiger charge is 2.23. The van der Waals surface area contributed by atoms with Gasteiger partial charge in [-0.15, -0.1) is 11.3 Å². The van der Waals surface area contributed by atoms with E-state index in [1.165, 1.54) is 17.8 Å². The smallest absolute Gasteiger partial charge is 0.258 e. The number of pyridine rings is 1. The number of fused-ring (bicyclic) bond motifs is 1. The third kappa shape index (κ3) is 3.93. The predicted octanol–water partition coefficient (Wildman–Crippen LogP) is 4.03. The second-order valence-electron chi connectivity index (χ2n) is 8.00. The molecule has 148 valence electrons. The number of rotatable bonds is 4.